The number of nitrogens with zero attached hydrogens (tertiary/aromatic N) is 3. The van der Waals surface area contributed by atoms with E-state index in [1.165, 1.54) is 28.0 Å². The van der Waals surface area contributed by atoms with E-state index in [1.807, 2.05) is 25.1 Å². The minimum Gasteiger partial charge on any atom is -0.376 e. The lowest BCUT2D eigenvalue weighted by Gasteiger charge is -2.30. The number of para-hydroxylation sites is 2. The van der Waals surface area contributed by atoms with Crippen LogP contribution < -0.4 is 15.5 Å². The summed E-state index contributed by atoms with van der Waals surface area (Å²) in [5.74, 6) is -0.322. The van der Waals surface area contributed by atoms with Crippen LogP contribution in [-0.4, -0.2) is 53.1 Å². The smallest absolute Gasteiger partial charge is 0.244 e. The highest BCUT2D eigenvalue weighted by Crippen LogP contribution is 2.34. The first kappa shape index (κ1) is 19.2. The topological polar surface area (TPSA) is 96.5 Å². The molecule has 0 unspecified atom stereocenters. The Hall–Kier alpha value is -2.17. The molecule has 0 bridgehead atoms. The molecule has 3 heterocycles. The zero-order valence-electron chi connectivity index (χ0n) is 15.4. The summed E-state index contributed by atoms with van der Waals surface area (Å²) in [7, 11) is 0. The van der Waals surface area contributed by atoms with E-state index in [-0.39, 0.29) is 24.5 Å². The molecule has 2 aliphatic rings. The van der Waals surface area contributed by atoms with Crippen molar-refractivity contribution in [3.8, 4) is 0 Å². The second kappa shape index (κ2) is 8.46. The zero-order valence-corrected chi connectivity index (χ0v) is 17.0. The summed E-state index contributed by atoms with van der Waals surface area (Å²) in [5.41, 5.74) is 1.37. The quantitative estimate of drug-likeness (QED) is 0.695. The van der Waals surface area contributed by atoms with E-state index >= 15 is 0 Å². The number of carbonyl (C=O) groups excluding carboxylic acids is 2. The largest absolute Gasteiger partial charge is 0.376 e. The van der Waals surface area contributed by atoms with Gasteiger partial charge in [0.05, 0.1) is 22.7 Å². The van der Waals surface area contributed by atoms with E-state index in [0.29, 0.717) is 16.6 Å². The Kier molecular flexibility index (Phi) is 5.79. The number of ether oxygens (including phenoxy) is 1. The van der Waals surface area contributed by atoms with Crippen LogP contribution in [0.15, 0.2) is 28.6 Å². The molecule has 148 valence electrons. The Morgan fingerprint density at radius 1 is 1.46 bits per heavy atom. The molecular formula is C18H21N5O3S2. The average Bonchev–Trinajstić information content (AvgIpc) is 3.37. The maximum Gasteiger partial charge on any atom is 0.244 e. The van der Waals surface area contributed by atoms with Gasteiger partial charge >= 0.3 is 0 Å². The van der Waals surface area contributed by atoms with E-state index in [1.54, 1.807) is 6.07 Å². The van der Waals surface area contributed by atoms with Crippen molar-refractivity contribution in [3.63, 3.8) is 0 Å². The molecule has 2 amide bonds. The van der Waals surface area contributed by atoms with Crippen molar-refractivity contribution < 1.29 is 14.3 Å². The van der Waals surface area contributed by atoms with Crippen molar-refractivity contribution in [1.82, 2.24) is 10.2 Å². The van der Waals surface area contributed by atoms with Gasteiger partial charge in [0.1, 0.15) is 6.54 Å². The van der Waals surface area contributed by atoms with Crippen molar-refractivity contribution >= 4 is 51.4 Å². The molecule has 2 aliphatic heterocycles. The van der Waals surface area contributed by atoms with Gasteiger partial charge in [-0.2, -0.15) is 0 Å². The van der Waals surface area contributed by atoms with Crippen LogP contribution in [0.4, 0.5) is 16.5 Å². The second-order valence-corrected chi connectivity index (χ2v) is 9.20. The van der Waals surface area contributed by atoms with Crippen molar-refractivity contribution in [2.24, 2.45) is 0 Å². The van der Waals surface area contributed by atoms with Crippen LogP contribution in [0.25, 0.3) is 0 Å². The fraction of sp³-hybridized carbons (Fsp3) is 0.444. The third-order valence-electron chi connectivity index (χ3n) is 4.57. The molecule has 0 spiro atoms. The van der Waals surface area contributed by atoms with E-state index < -0.39 is 5.25 Å². The van der Waals surface area contributed by atoms with E-state index in [2.05, 4.69) is 20.8 Å². The van der Waals surface area contributed by atoms with Crippen LogP contribution in [0, 0.1) is 0 Å². The van der Waals surface area contributed by atoms with Gasteiger partial charge in [0, 0.05) is 13.2 Å². The minimum absolute atomic E-state index is 0.0189. The van der Waals surface area contributed by atoms with E-state index in [4.69, 9.17) is 4.74 Å². The molecule has 4 rings (SSSR count). The Balaban J connectivity index is 1.38. The Bertz CT molecular complexity index is 868. The first-order valence-corrected chi connectivity index (χ1v) is 10.9. The monoisotopic (exact) mass is 419 g/mol. The summed E-state index contributed by atoms with van der Waals surface area (Å²) in [6, 6.07) is 7.31. The van der Waals surface area contributed by atoms with Gasteiger partial charge in [-0.15, -0.1) is 10.2 Å². The number of anilines is 3. The van der Waals surface area contributed by atoms with Gasteiger partial charge in [-0.05, 0) is 31.9 Å². The normalized spacial score (nSPS) is 19.8. The lowest BCUT2D eigenvalue weighted by molar-refractivity contribution is -0.121. The van der Waals surface area contributed by atoms with Crippen molar-refractivity contribution in [3.05, 3.63) is 24.3 Å². The summed E-state index contributed by atoms with van der Waals surface area (Å²) < 4.78 is 6.30. The van der Waals surface area contributed by atoms with Gasteiger partial charge < -0.3 is 15.4 Å². The zero-order chi connectivity index (χ0) is 19.5. The predicted molar refractivity (Wildman–Crippen MR) is 110 cm³/mol. The van der Waals surface area contributed by atoms with Crippen LogP contribution in [0.5, 0.6) is 0 Å². The highest BCUT2D eigenvalue weighted by molar-refractivity contribution is 8.02. The molecule has 10 heteroatoms. The molecule has 0 aliphatic carbocycles. The highest BCUT2D eigenvalue weighted by atomic mass is 32.2. The summed E-state index contributed by atoms with van der Waals surface area (Å²) in [6.45, 7) is 3.38. The molecule has 0 saturated carbocycles. The fourth-order valence-corrected chi connectivity index (χ4v) is 5.15. The maximum absolute atomic E-state index is 13.0. The first-order valence-electron chi connectivity index (χ1n) is 9.16. The molecule has 2 N–H and O–H groups in total. The molecule has 1 aromatic heterocycles. The number of thioether (sulfide) groups is 1. The minimum atomic E-state index is -0.391. The third-order valence-corrected chi connectivity index (χ3v) is 6.63. The molecule has 0 radical (unpaired) electrons. The molecule has 1 aromatic carbocycles. The molecule has 2 aromatic rings. The van der Waals surface area contributed by atoms with Gasteiger partial charge in [-0.25, -0.2) is 0 Å². The summed E-state index contributed by atoms with van der Waals surface area (Å²) >= 11 is 2.77. The Labute approximate surface area is 171 Å². The van der Waals surface area contributed by atoms with Gasteiger partial charge in [0.25, 0.3) is 0 Å². The molecule has 8 nitrogen and oxygen atoms in total. The van der Waals surface area contributed by atoms with Gasteiger partial charge in [-0.1, -0.05) is 35.2 Å². The summed E-state index contributed by atoms with van der Waals surface area (Å²) in [4.78, 5) is 26.5. The number of fused-ring (bicyclic) bond motifs is 1. The molecule has 28 heavy (non-hydrogen) atoms. The van der Waals surface area contributed by atoms with Gasteiger partial charge in [0.2, 0.25) is 16.9 Å². The standard InChI is InChI=1S/C18H21N5O3S2/c1-11(16(25)23-10-15(24)20-13-6-2-3-7-14(13)23)27-18-22-21-17(28-18)19-9-12-5-4-8-26-12/h2-3,6-7,11-12H,4-5,8-10H2,1H3,(H,19,21)(H,20,24)/t11-,12+/m0/s1. The second-order valence-electron chi connectivity index (χ2n) is 6.64. The third kappa shape index (κ3) is 4.29. The Morgan fingerprint density at radius 3 is 3.14 bits per heavy atom. The molecule has 1 saturated heterocycles. The number of rotatable bonds is 6. The Morgan fingerprint density at radius 2 is 2.32 bits per heavy atom. The average molecular weight is 420 g/mol. The van der Waals surface area contributed by atoms with Crippen LogP contribution in [0.1, 0.15) is 19.8 Å². The van der Waals surface area contributed by atoms with Crippen LogP contribution in [-0.2, 0) is 14.3 Å². The number of amides is 2. The number of hydrogen-bond donors (Lipinski definition) is 2. The summed E-state index contributed by atoms with van der Waals surface area (Å²) in [5, 5.41) is 14.7. The van der Waals surface area contributed by atoms with E-state index in [9.17, 15) is 9.59 Å². The lowest BCUT2D eigenvalue weighted by atomic mass is 10.2. The number of aromatic nitrogens is 2. The first-order chi connectivity index (χ1) is 13.6. The van der Waals surface area contributed by atoms with Crippen molar-refractivity contribution in [2.75, 3.05) is 35.2 Å². The van der Waals surface area contributed by atoms with Crippen LogP contribution in [0.3, 0.4) is 0 Å². The van der Waals surface area contributed by atoms with Crippen LogP contribution >= 0.6 is 23.1 Å². The highest BCUT2D eigenvalue weighted by Gasteiger charge is 2.30. The number of hydrogen-bond acceptors (Lipinski definition) is 8. The lowest BCUT2D eigenvalue weighted by Crippen LogP contribution is -2.45. The van der Waals surface area contributed by atoms with Gasteiger partial charge in [0.15, 0.2) is 4.34 Å². The van der Waals surface area contributed by atoms with E-state index in [0.717, 1.165) is 30.3 Å². The number of benzene rings is 1. The van der Waals surface area contributed by atoms with Crippen LogP contribution in [0.2, 0.25) is 0 Å². The molecule has 2 atom stereocenters. The number of nitrogens with one attached hydrogen (secondary N) is 2. The molecular weight excluding hydrogens is 398 g/mol. The fourth-order valence-electron chi connectivity index (χ4n) is 3.19. The summed E-state index contributed by atoms with van der Waals surface area (Å²) in [6.07, 6.45) is 2.39. The van der Waals surface area contributed by atoms with Crippen molar-refractivity contribution in [2.45, 2.75) is 35.5 Å². The number of carbonyl (C=O) groups is 2. The van der Waals surface area contributed by atoms with Gasteiger partial charge in [-0.3, -0.25) is 14.5 Å². The molecule has 1 fully saturated rings. The maximum atomic E-state index is 13.0. The predicted octanol–water partition coefficient (Wildman–Crippen LogP) is 2.59. The van der Waals surface area contributed by atoms with Crippen molar-refractivity contribution in [1.29, 1.82) is 0 Å². The SMILES string of the molecule is C[C@H](Sc1nnc(NC[C@H]2CCCO2)s1)C(=O)N1CC(=O)Nc2ccccc21.